The lowest BCUT2D eigenvalue weighted by Gasteiger charge is -2.65. The second-order valence-corrected chi connectivity index (χ2v) is 7.56. The van der Waals surface area contributed by atoms with E-state index in [4.69, 9.17) is 10.8 Å². The molecule has 0 unspecified atom stereocenters. The molecule has 0 radical (unpaired) electrons. The number of hydrogen-bond donors (Lipinski definition) is 3. The van der Waals surface area contributed by atoms with Gasteiger partial charge in [0.25, 0.3) is 0 Å². The first kappa shape index (κ1) is 13.9. The minimum absolute atomic E-state index is 0.154. The maximum absolute atomic E-state index is 13.7. The minimum atomic E-state index is -0.956. The number of thioether (sulfide) groups is 1. The van der Waals surface area contributed by atoms with E-state index in [1.165, 1.54) is 18.1 Å². The molecule has 3 N–H and O–H groups in total. The van der Waals surface area contributed by atoms with Crippen LogP contribution in [0.1, 0.15) is 38.8 Å². The molecule has 2 heterocycles. The molecule has 0 spiro atoms. The summed E-state index contributed by atoms with van der Waals surface area (Å²) >= 11 is 1.31. The molecule has 1 aromatic rings. The smallest absolute Gasteiger partial charge is 0.144 e. The molecular weight excluding hydrogens is 301 g/mol. The van der Waals surface area contributed by atoms with Gasteiger partial charge in [0.05, 0.1) is 10.6 Å². The van der Waals surface area contributed by atoms with Gasteiger partial charge >= 0.3 is 0 Å². The molecule has 3 saturated carbocycles. The van der Waals surface area contributed by atoms with E-state index in [0.717, 1.165) is 10.5 Å². The van der Waals surface area contributed by atoms with Crippen molar-refractivity contribution >= 4 is 33.9 Å². The van der Waals surface area contributed by atoms with Crippen LogP contribution in [0.3, 0.4) is 0 Å². The molecule has 114 valence electrons. The third kappa shape index (κ3) is 1.78. The van der Waals surface area contributed by atoms with Crippen molar-refractivity contribution in [2.24, 2.45) is 0 Å². The average molecular weight is 317 g/mol. The summed E-state index contributed by atoms with van der Waals surface area (Å²) in [5.41, 5.74) is 1.49. The van der Waals surface area contributed by atoms with Crippen molar-refractivity contribution in [3.05, 3.63) is 17.6 Å². The molecule has 0 atom stereocenters. The first-order valence-corrected chi connectivity index (χ1v) is 8.00. The second kappa shape index (κ2) is 4.16. The van der Waals surface area contributed by atoms with E-state index in [0.29, 0.717) is 47.1 Å². The van der Waals surface area contributed by atoms with Gasteiger partial charge in [-0.1, -0.05) is 11.8 Å². The van der Waals surface area contributed by atoms with Crippen molar-refractivity contribution in [3.8, 4) is 0 Å². The molecule has 7 heteroatoms. The summed E-state index contributed by atoms with van der Waals surface area (Å²) in [6.45, 7) is 3.55. The van der Waals surface area contributed by atoms with Crippen molar-refractivity contribution in [2.45, 2.75) is 49.2 Å². The highest BCUT2D eigenvalue weighted by molar-refractivity contribution is 8.15. The molecule has 5 nitrogen and oxygen atoms in total. The Balaban J connectivity index is 1.72. The second-order valence-electron chi connectivity index (χ2n) is 6.54. The lowest BCUT2D eigenvalue weighted by molar-refractivity contribution is -0.137. The number of aromatic nitrogens is 2. The fourth-order valence-corrected chi connectivity index (χ4v) is 4.59. The zero-order valence-electron chi connectivity index (χ0n) is 12.4. The number of nitrogens with one attached hydrogen (secondary N) is 3. The van der Waals surface area contributed by atoms with Crippen LogP contribution in [-0.2, 0) is 0 Å². The largest absolute Gasteiger partial charge is 0.363 e. The number of hydrogen-bond acceptors (Lipinski definition) is 6. The van der Waals surface area contributed by atoms with E-state index in [-0.39, 0.29) is 5.54 Å². The molecule has 0 aromatic carbocycles. The summed E-state index contributed by atoms with van der Waals surface area (Å²) in [4.78, 5) is 9.43. The third-order valence-electron chi connectivity index (χ3n) is 4.76. The predicted octanol–water partition coefficient (Wildman–Crippen LogP) is 3.43. The zero-order chi connectivity index (χ0) is 15.7. The van der Waals surface area contributed by atoms with Crippen LogP contribution in [0.4, 0.5) is 10.2 Å². The molecule has 3 aliphatic carbocycles. The molecule has 3 fully saturated rings. The molecule has 0 amide bonds. The fourth-order valence-electron chi connectivity index (χ4n) is 3.58. The number of rotatable bonds is 3. The molecule has 2 bridgehead atoms. The molecule has 4 aliphatic rings. The van der Waals surface area contributed by atoms with Gasteiger partial charge in [-0.25, -0.2) is 14.4 Å². The van der Waals surface area contributed by atoms with Crippen LogP contribution in [-0.4, -0.2) is 31.9 Å². The summed E-state index contributed by atoms with van der Waals surface area (Å²) in [5.74, 6) is 0.687. The van der Waals surface area contributed by atoms with Crippen molar-refractivity contribution < 1.29 is 4.39 Å². The molecule has 22 heavy (non-hydrogen) atoms. The van der Waals surface area contributed by atoms with Gasteiger partial charge in [0.15, 0.2) is 0 Å². The molecule has 5 rings (SSSR count). The van der Waals surface area contributed by atoms with Crippen molar-refractivity contribution in [3.63, 3.8) is 0 Å². The Kier molecular flexibility index (Phi) is 2.62. The number of fused-ring (bicyclic) bond motifs is 1. The van der Waals surface area contributed by atoms with E-state index in [1.807, 2.05) is 6.92 Å². The Morgan fingerprint density at radius 3 is 2.59 bits per heavy atom. The molecule has 1 aromatic heterocycles. The quantitative estimate of drug-likeness (QED) is 0.746. The van der Waals surface area contributed by atoms with Crippen LogP contribution in [0, 0.1) is 10.8 Å². The third-order valence-corrected chi connectivity index (χ3v) is 5.76. The van der Waals surface area contributed by atoms with Crippen LogP contribution >= 0.6 is 11.8 Å². The summed E-state index contributed by atoms with van der Waals surface area (Å²) < 4.78 is 13.7. The van der Waals surface area contributed by atoms with Crippen LogP contribution < -0.4 is 5.32 Å². The number of nitrogens with zero attached hydrogens (tertiary/aromatic N) is 2. The van der Waals surface area contributed by atoms with E-state index >= 15 is 0 Å². The van der Waals surface area contributed by atoms with Crippen LogP contribution in [0.2, 0.25) is 0 Å². The first-order chi connectivity index (χ1) is 10.3. The van der Waals surface area contributed by atoms with E-state index in [1.54, 1.807) is 6.92 Å². The number of alkyl halides is 1. The Labute approximate surface area is 131 Å². The number of allylic oxidation sites excluding steroid dienone is 1. The van der Waals surface area contributed by atoms with E-state index < -0.39 is 5.67 Å². The van der Waals surface area contributed by atoms with E-state index in [2.05, 4.69) is 15.3 Å². The van der Waals surface area contributed by atoms with E-state index in [9.17, 15) is 4.39 Å². The van der Waals surface area contributed by atoms with Gasteiger partial charge in [-0.2, -0.15) is 0 Å². The minimum Gasteiger partial charge on any atom is -0.363 e. The average Bonchev–Trinajstić information content (AvgIpc) is 2.72. The Morgan fingerprint density at radius 2 is 2.00 bits per heavy atom. The summed E-state index contributed by atoms with van der Waals surface area (Å²) in [5, 5.41) is 19.8. The van der Waals surface area contributed by atoms with Crippen LogP contribution in [0.15, 0.2) is 16.8 Å². The van der Waals surface area contributed by atoms with Gasteiger partial charge in [0, 0.05) is 36.1 Å². The van der Waals surface area contributed by atoms with Crippen LogP contribution in [0.25, 0.3) is 5.57 Å². The monoisotopic (exact) mass is 317 g/mol. The fraction of sp³-hybridized carbons (Fsp3) is 0.467. The normalized spacial score (nSPS) is 33.7. The highest BCUT2D eigenvalue weighted by atomic mass is 32.2. The van der Waals surface area contributed by atoms with Gasteiger partial charge in [-0.3, -0.25) is 5.41 Å². The number of anilines is 1. The Morgan fingerprint density at radius 1 is 1.32 bits per heavy atom. The summed E-state index contributed by atoms with van der Waals surface area (Å²) in [6, 6.07) is 0. The Hall–Kier alpha value is -1.76. The van der Waals surface area contributed by atoms with Crippen molar-refractivity contribution in [2.75, 3.05) is 5.32 Å². The summed E-state index contributed by atoms with van der Waals surface area (Å²) in [7, 11) is 0. The van der Waals surface area contributed by atoms with Crippen molar-refractivity contribution in [1.82, 2.24) is 9.97 Å². The highest BCUT2D eigenvalue weighted by Gasteiger charge is 2.69. The van der Waals surface area contributed by atoms with Gasteiger partial charge in [0.2, 0.25) is 0 Å². The highest BCUT2D eigenvalue weighted by Crippen LogP contribution is 2.64. The topological polar surface area (TPSA) is 85.5 Å². The lowest BCUT2D eigenvalue weighted by Crippen LogP contribution is -2.73. The first-order valence-electron chi connectivity index (χ1n) is 7.18. The van der Waals surface area contributed by atoms with Gasteiger partial charge < -0.3 is 10.7 Å². The Bertz CT molecular complexity index is 749. The lowest BCUT2D eigenvalue weighted by atomic mass is 9.47. The molecule has 1 aliphatic heterocycles. The SMILES string of the molecule is CC(=N)/C(C)=C1\C(=N)Sc2c(NC34CC(F)(C3)C4)ncnc21. The zero-order valence-corrected chi connectivity index (χ0v) is 13.2. The van der Waals surface area contributed by atoms with Crippen molar-refractivity contribution in [1.29, 1.82) is 10.8 Å². The number of halogens is 1. The van der Waals surface area contributed by atoms with Gasteiger partial charge in [0.1, 0.15) is 22.9 Å². The standard InChI is InChI=1S/C15H16FN5S/c1-7(8(2)17)9-10-11(22-12(9)18)13(20-6-19-10)21-15-3-14(16,4-15)5-15/h6,17-18H,3-5H2,1-2H3,(H,19,20,21)/b9-7-,17-8?,18-12?. The maximum atomic E-state index is 13.7. The summed E-state index contributed by atoms with van der Waals surface area (Å²) in [6.07, 6.45) is 3.11. The molecule has 0 saturated heterocycles. The van der Waals surface area contributed by atoms with Gasteiger partial charge in [-0.15, -0.1) is 0 Å². The van der Waals surface area contributed by atoms with Crippen LogP contribution in [0.5, 0.6) is 0 Å². The molecular formula is C15H16FN5S. The predicted molar refractivity (Wildman–Crippen MR) is 85.7 cm³/mol. The van der Waals surface area contributed by atoms with Gasteiger partial charge in [-0.05, 0) is 19.4 Å². The maximum Gasteiger partial charge on any atom is 0.144 e.